The predicted molar refractivity (Wildman–Crippen MR) is 68.4 cm³/mol. The molecule has 0 aliphatic heterocycles. The fourth-order valence-electron chi connectivity index (χ4n) is 1.83. The molecule has 102 valence electrons. The molecule has 0 radical (unpaired) electrons. The number of halogens is 4. The number of nitrogens with two attached hydrogens (primary N) is 1. The second-order valence-electron chi connectivity index (χ2n) is 3.92. The second kappa shape index (κ2) is 4.88. The van der Waals surface area contributed by atoms with Crippen molar-refractivity contribution in [1.82, 2.24) is 5.16 Å². The molecule has 1 aromatic heterocycles. The lowest BCUT2D eigenvalue weighted by molar-refractivity contribution is -0.137. The molecule has 19 heavy (non-hydrogen) atoms. The summed E-state index contributed by atoms with van der Waals surface area (Å²) in [5.41, 5.74) is 5.37. The van der Waals surface area contributed by atoms with Crippen LogP contribution in [0, 0.1) is 0 Å². The predicted octanol–water partition coefficient (Wildman–Crippen LogP) is 4.27. The minimum Gasteiger partial charge on any atom is -0.367 e. The summed E-state index contributed by atoms with van der Waals surface area (Å²) in [5.74, 6) is 0.0496. The summed E-state index contributed by atoms with van der Waals surface area (Å²) in [5, 5.41) is 3.65. The van der Waals surface area contributed by atoms with Crippen LogP contribution in [0.2, 0.25) is 0 Å². The third-order valence-electron chi connectivity index (χ3n) is 2.71. The summed E-state index contributed by atoms with van der Waals surface area (Å²) in [6.07, 6.45) is -4.03. The summed E-state index contributed by atoms with van der Waals surface area (Å²) in [6, 6.07) is 3.89. The zero-order valence-electron chi connectivity index (χ0n) is 9.88. The third-order valence-corrected chi connectivity index (χ3v) is 3.21. The molecular formula is C12H10BrF3N2O. The number of nitrogen functional groups attached to an aromatic ring is 1. The smallest absolute Gasteiger partial charge is 0.367 e. The standard InChI is InChI=1S/C12H10BrF3N2O/c1-2-7-10(18-19-11(7)17)8-4-3-6(13)5-9(8)12(14,15)16/h3-5H,2,17H2,1H3. The van der Waals surface area contributed by atoms with Gasteiger partial charge in [0, 0.05) is 15.6 Å². The lowest BCUT2D eigenvalue weighted by atomic mass is 10.00. The molecule has 2 rings (SSSR count). The maximum atomic E-state index is 13.0. The van der Waals surface area contributed by atoms with Gasteiger partial charge in [0.15, 0.2) is 0 Å². The fourth-order valence-corrected chi connectivity index (χ4v) is 2.19. The molecule has 1 aromatic carbocycles. The summed E-state index contributed by atoms with van der Waals surface area (Å²) in [6.45, 7) is 1.78. The van der Waals surface area contributed by atoms with Crippen molar-refractivity contribution >= 4 is 21.8 Å². The molecule has 2 aromatic rings. The number of aromatic nitrogens is 1. The Morgan fingerprint density at radius 2 is 2.05 bits per heavy atom. The summed E-state index contributed by atoms with van der Waals surface area (Å²) >= 11 is 3.03. The number of nitrogens with zero attached hydrogens (tertiary/aromatic N) is 1. The van der Waals surface area contributed by atoms with Crippen molar-refractivity contribution in [3.8, 4) is 11.3 Å². The molecule has 0 atom stereocenters. The van der Waals surface area contributed by atoms with Gasteiger partial charge in [0.2, 0.25) is 5.88 Å². The first-order valence-corrected chi connectivity index (χ1v) is 6.25. The molecule has 0 unspecified atom stereocenters. The van der Waals surface area contributed by atoms with Gasteiger partial charge >= 0.3 is 6.18 Å². The van der Waals surface area contributed by atoms with Gasteiger partial charge in [-0.25, -0.2) is 0 Å². The van der Waals surface area contributed by atoms with Crippen LogP contribution in [0.15, 0.2) is 27.2 Å². The molecule has 0 bridgehead atoms. The van der Waals surface area contributed by atoms with Gasteiger partial charge in [-0.05, 0) is 18.6 Å². The highest BCUT2D eigenvalue weighted by Gasteiger charge is 2.35. The van der Waals surface area contributed by atoms with E-state index in [2.05, 4.69) is 21.1 Å². The first-order chi connectivity index (χ1) is 8.84. The largest absolute Gasteiger partial charge is 0.417 e. The molecule has 1 heterocycles. The van der Waals surface area contributed by atoms with Crippen LogP contribution in [0.1, 0.15) is 18.1 Å². The molecule has 2 N–H and O–H groups in total. The van der Waals surface area contributed by atoms with E-state index in [-0.39, 0.29) is 17.1 Å². The van der Waals surface area contributed by atoms with Gasteiger partial charge < -0.3 is 10.3 Å². The fraction of sp³-hybridized carbons (Fsp3) is 0.250. The van der Waals surface area contributed by atoms with Gasteiger partial charge in [0.1, 0.15) is 5.69 Å². The zero-order chi connectivity index (χ0) is 14.2. The average molecular weight is 335 g/mol. The third kappa shape index (κ3) is 2.60. The summed E-state index contributed by atoms with van der Waals surface area (Å²) in [7, 11) is 0. The summed E-state index contributed by atoms with van der Waals surface area (Å²) < 4.78 is 44.3. The van der Waals surface area contributed by atoms with Crippen molar-refractivity contribution in [3.63, 3.8) is 0 Å². The first-order valence-electron chi connectivity index (χ1n) is 5.45. The van der Waals surface area contributed by atoms with Gasteiger partial charge in [0.25, 0.3) is 0 Å². The minimum atomic E-state index is -4.47. The number of rotatable bonds is 2. The SMILES string of the molecule is CCc1c(-c2ccc(Br)cc2C(F)(F)F)noc1N. The molecule has 0 aliphatic rings. The van der Waals surface area contributed by atoms with Crippen LogP contribution in [0.4, 0.5) is 19.1 Å². The average Bonchev–Trinajstić information content (AvgIpc) is 2.69. The molecular weight excluding hydrogens is 325 g/mol. The molecule has 0 aliphatic carbocycles. The van der Waals surface area contributed by atoms with Crippen molar-refractivity contribution in [2.45, 2.75) is 19.5 Å². The van der Waals surface area contributed by atoms with Crippen LogP contribution in [-0.2, 0) is 12.6 Å². The molecule has 0 fully saturated rings. The Kier molecular flexibility index (Phi) is 3.58. The van der Waals surface area contributed by atoms with E-state index in [1.165, 1.54) is 12.1 Å². The van der Waals surface area contributed by atoms with E-state index in [4.69, 9.17) is 10.3 Å². The highest BCUT2D eigenvalue weighted by molar-refractivity contribution is 9.10. The van der Waals surface area contributed by atoms with Crippen molar-refractivity contribution in [1.29, 1.82) is 0 Å². The number of anilines is 1. The van der Waals surface area contributed by atoms with E-state index in [1.807, 2.05) is 0 Å². The molecule has 0 saturated carbocycles. The highest BCUT2D eigenvalue weighted by atomic mass is 79.9. The van der Waals surface area contributed by atoms with E-state index in [0.29, 0.717) is 16.5 Å². The molecule has 0 saturated heterocycles. The Morgan fingerprint density at radius 1 is 1.37 bits per heavy atom. The Bertz CT molecular complexity index is 608. The molecule has 3 nitrogen and oxygen atoms in total. The molecule has 0 amide bonds. The highest BCUT2D eigenvalue weighted by Crippen LogP contribution is 2.40. The minimum absolute atomic E-state index is 0.0343. The Balaban J connectivity index is 2.68. The second-order valence-corrected chi connectivity index (χ2v) is 4.83. The van der Waals surface area contributed by atoms with Gasteiger partial charge in [-0.2, -0.15) is 13.2 Å². The monoisotopic (exact) mass is 334 g/mol. The molecule has 0 spiro atoms. The normalized spacial score (nSPS) is 11.8. The van der Waals surface area contributed by atoms with E-state index in [1.54, 1.807) is 6.92 Å². The van der Waals surface area contributed by atoms with Crippen molar-refractivity contribution < 1.29 is 17.7 Å². The van der Waals surface area contributed by atoms with Crippen LogP contribution in [0.25, 0.3) is 11.3 Å². The maximum absolute atomic E-state index is 13.0. The lowest BCUT2D eigenvalue weighted by Crippen LogP contribution is -2.08. The van der Waals surface area contributed by atoms with E-state index < -0.39 is 11.7 Å². The Labute approximate surface area is 115 Å². The van der Waals surface area contributed by atoms with Gasteiger partial charge in [0.05, 0.1) is 5.56 Å². The lowest BCUT2D eigenvalue weighted by Gasteiger charge is -2.12. The Morgan fingerprint density at radius 3 is 2.63 bits per heavy atom. The van der Waals surface area contributed by atoms with Crippen LogP contribution < -0.4 is 5.73 Å². The van der Waals surface area contributed by atoms with E-state index >= 15 is 0 Å². The van der Waals surface area contributed by atoms with Crippen molar-refractivity contribution in [2.24, 2.45) is 0 Å². The van der Waals surface area contributed by atoms with Crippen LogP contribution >= 0.6 is 15.9 Å². The van der Waals surface area contributed by atoms with Gasteiger partial charge in [-0.15, -0.1) is 0 Å². The number of alkyl halides is 3. The van der Waals surface area contributed by atoms with Crippen LogP contribution in [0.5, 0.6) is 0 Å². The quantitative estimate of drug-likeness (QED) is 0.892. The first kappa shape index (κ1) is 13.9. The molecule has 7 heteroatoms. The Hall–Kier alpha value is -1.50. The maximum Gasteiger partial charge on any atom is 0.417 e. The van der Waals surface area contributed by atoms with Crippen LogP contribution in [-0.4, -0.2) is 5.16 Å². The van der Waals surface area contributed by atoms with Crippen molar-refractivity contribution in [3.05, 3.63) is 33.8 Å². The van der Waals surface area contributed by atoms with Crippen molar-refractivity contribution in [2.75, 3.05) is 5.73 Å². The summed E-state index contributed by atoms with van der Waals surface area (Å²) in [4.78, 5) is 0. The number of hydrogen-bond acceptors (Lipinski definition) is 3. The van der Waals surface area contributed by atoms with E-state index in [9.17, 15) is 13.2 Å². The topological polar surface area (TPSA) is 52.0 Å². The van der Waals surface area contributed by atoms with Gasteiger partial charge in [-0.1, -0.05) is 34.1 Å². The number of benzene rings is 1. The van der Waals surface area contributed by atoms with Gasteiger partial charge in [-0.3, -0.25) is 0 Å². The number of hydrogen-bond donors (Lipinski definition) is 1. The van der Waals surface area contributed by atoms with E-state index in [0.717, 1.165) is 6.07 Å². The zero-order valence-corrected chi connectivity index (χ0v) is 11.5. The van der Waals surface area contributed by atoms with Crippen LogP contribution in [0.3, 0.4) is 0 Å².